The lowest BCUT2D eigenvalue weighted by atomic mass is 10.2. The Balaban J connectivity index is 0.000000327. The van der Waals surface area contributed by atoms with Crippen LogP contribution >= 0.6 is 0 Å². The van der Waals surface area contributed by atoms with E-state index in [-0.39, 0.29) is 11.3 Å². The molecule has 0 radical (unpaired) electrons. The number of carbonyl (C=O) groups is 2. The molecular weight excluding hydrogens is 260 g/mol. The Bertz CT molecular complexity index is 496. The smallest absolute Gasteiger partial charge is 0.335 e. The van der Waals surface area contributed by atoms with Gasteiger partial charge < -0.3 is 20.1 Å². The van der Waals surface area contributed by atoms with Gasteiger partial charge in [0.25, 0.3) is 0 Å². The molecule has 0 unspecified atom stereocenters. The average molecular weight is 276 g/mol. The van der Waals surface area contributed by atoms with E-state index in [9.17, 15) is 4.79 Å². The molecule has 2 aromatic carbocycles. The predicted molar refractivity (Wildman–Crippen MR) is 75.0 cm³/mol. The molecule has 0 amide bonds. The standard InChI is InChI=1S/C7H6O3.C7H8O.CH2O/c8-6-3-1-5(2-4-6)7(9)10;1-6-2-4-7(8)5-3-6;1-2/h1-4,8H,(H,9,10);2-5,8H,1H3;1H2. The Morgan fingerprint density at radius 1 is 0.850 bits per heavy atom. The molecule has 0 fully saturated rings. The molecule has 0 aliphatic heterocycles. The van der Waals surface area contributed by atoms with Gasteiger partial charge in [-0.15, -0.1) is 0 Å². The number of benzene rings is 2. The summed E-state index contributed by atoms with van der Waals surface area (Å²) in [5.41, 5.74) is 1.35. The summed E-state index contributed by atoms with van der Waals surface area (Å²) in [6.07, 6.45) is 0. The van der Waals surface area contributed by atoms with E-state index in [0.717, 1.165) is 0 Å². The normalized spacial score (nSPS) is 8.45. The van der Waals surface area contributed by atoms with Crippen molar-refractivity contribution in [3.05, 3.63) is 59.7 Å². The number of hydrogen-bond donors (Lipinski definition) is 3. The summed E-state index contributed by atoms with van der Waals surface area (Å²) in [4.78, 5) is 18.2. The van der Waals surface area contributed by atoms with Crippen LogP contribution < -0.4 is 0 Å². The minimum atomic E-state index is -0.986. The highest BCUT2D eigenvalue weighted by molar-refractivity contribution is 5.87. The molecule has 0 heterocycles. The number of carboxylic acid groups (broad SMARTS) is 1. The molecule has 5 heteroatoms. The van der Waals surface area contributed by atoms with Crippen molar-refractivity contribution in [2.75, 3.05) is 0 Å². The SMILES string of the molecule is C=O.Cc1ccc(O)cc1.O=C(O)c1ccc(O)cc1. The lowest BCUT2D eigenvalue weighted by molar-refractivity contribution is -0.0980. The van der Waals surface area contributed by atoms with Crippen LogP contribution in [0.4, 0.5) is 0 Å². The van der Waals surface area contributed by atoms with E-state index in [1.165, 1.54) is 29.8 Å². The molecule has 0 atom stereocenters. The number of rotatable bonds is 1. The average Bonchev–Trinajstić information content (AvgIpc) is 2.45. The van der Waals surface area contributed by atoms with E-state index in [0.29, 0.717) is 5.75 Å². The first-order valence-corrected chi connectivity index (χ1v) is 5.56. The van der Waals surface area contributed by atoms with Crippen molar-refractivity contribution >= 4 is 12.8 Å². The topological polar surface area (TPSA) is 94.8 Å². The molecule has 2 aromatic rings. The van der Waals surface area contributed by atoms with E-state index in [1.54, 1.807) is 12.1 Å². The van der Waals surface area contributed by atoms with Crippen molar-refractivity contribution in [2.45, 2.75) is 6.92 Å². The summed E-state index contributed by atoms with van der Waals surface area (Å²) < 4.78 is 0. The van der Waals surface area contributed by atoms with E-state index >= 15 is 0 Å². The Morgan fingerprint density at radius 2 is 1.20 bits per heavy atom. The largest absolute Gasteiger partial charge is 0.508 e. The molecule has 2 rings (SSSR count). The van der Waals surface area contributed by atoms with E-state index < -0.39 is 5.97 Å². The van der Waals surface area contributed by atoms with E-state index in [2.05, 4.69) is 0 Å². The summed E-state index contributed by atoms with van der Waals surface area (Å²) in [7, 11) is 0. The first kappa shape index (κ1) is 17.2. The van der Waals surface area contributed by atoms with E-state index in [1.807, 2.05) is 25.8 Å². The van der Waals surface area contributed by atoms with Crippen molar-refractivity contribution in [2.24, 2.45) is 0 Å². The predicted octanol–water partition coefficient (Wildman–Crippen LogP) is 2.61. The fourth-order valence-corrected chi connectivity index (χ4v) is 1.15. The molecule has 3 N–H and O–H groups in total. The lowest BCUT2D eigenvalue weighted by Gasteiger charge is -1.92. The summed E-state index contributed by atoms with van der Waals surface area (Å²) in [6.45, 7) is 3.99. The van der Waals surface area contributed by atoms with Crippen molar-refractivity contribution < 1.29 is 24.9 Å². The van der Waals surface area contributed by atoms with E-state index in [4.69, 9.17) is 20.1 Å². The number of aromatic hydroxyl groups is 2. The highest BCUT2D eigenvalue weighted by atomic mass is 16.4. The minimum absolute atomic E-state index is 0.0741. The fraction of sp³-hybridized carbons (Fsp3) is 0.0667. The maximum Gasteiger partial charge on any atom is 0.335 e. The number of carboxylic acids is 1. The van der Waals surface area contributed by atoms with Crippen LogP contribution in [-0.4, -0.2) is 28.1 Å². The highest BCUT2D eigenvalue weighted by Gasteiger charge is 1.99. The number of carbonyl (C=O) groups excluding carboxylic acids is 1. The molecule has 0 spiro atoms. The maximum absolute atomic E-state index is 10.2. The second-order valence-corrected chi connectivity index (χ2v) is 3.69. The van der Waals surface area contributed by atoms with Crippen LogP contribution in [0.3, 0.4) is 0 Å². The third-order valence-electron chi connectivity index (χ3n) is 2.15. The zero-order valence-electron chi connectivity index (χ0n) is 11.0. The number of phenols is 2. The summed E-state index contributed by atoms with van der Waals surface area (Å²) in [6, 6.07) is 12.5. The van der Waals surface area contributed by atoms with Crippen LogP contribution in [0.25, 0.3) is 0 Å². The van der Waals surface area contributed by atoms with Gasteiger partial charge in [0, 0.05) is 0 Å². The quantitative estimate of drug-likeness (QED) is 0.744. The first-order valence-electron chi connectivity index (χ1n) is 5.56. The van der Waals surface area contributed by atoms with Crippen molar-refractivity contribution in [1.82, 2.24) is 0 Å². The zero-order chi connectivity index (χ0) is 15.5. The summed E-state index contributed by atoms with van der Waals surface area (Å²) >= 11 is 0. The highest BCUT2D eigenvalue weighted by Crippen LogP contribution is 2.09. The van der Waals surface area contributed by atoms with Crippen LogP contribution in [0.2, 0.25) is 0 Å². The number of phenolic OH excluding ortho intramolecular Hbond substituents is 2. The van der Waals surface area contributed by atoms with Gasteiger partial charge in [0.2, 0.25) is 0 Å². The minimum Gasteiger partial charge on any atom is -0.508 e. The Hall–Kier alpha value is -2.82. The maximum atomic E-state index is 10.2. The van der Waals surface area contributed by atoms with Crippen LogP contribution in [-0.2, 0) is 4.79 Å². The van der Waals surface area contributed by atoms with Gasteiger partial charge in [-0.2, -0.15) is 0 Å². The van der Waals surface area contributed by atoms with Crippen molar-refractivity contribution in [3.63, 3.8) is 0 Å². The molecule has 0 saturated heterocycles. The first-order chi connectivity index (χ1) is 9.49. The molecule has 0 aliphatic carbocycles. The number of aromatic carboxylic acids is 1. The summed E-state index contributed by atoms with van der Waals surface area (Å²) in [5.74, 6) is -0.583. The van der Waals surface area contributed by atoms with Gasteiger partial charge in [-0.3, -0.25) is 0 Å². The molecule has 0 bridgehead atoms. The van der Waals surface area contributed by atoms with Gasteiger partial charge in [0.1, 0.15) is 18.3 Å². The Kier molecular flexibility index (Phi) is 7.86. The Labute approximate surface area is 116 Å². The second kappa shape index (κ2) is 9.16. The second-order valence-electron chi connectivity index (χ2n) is 3.69. The monoisotopic (exact) mass is 276 g/mol. The lowest BCUT2D eigenvalue weighted by Crippen LogP contribution is -1.93. The van der Waals surface area contributed by atoms with Gasteiger partial charge in [0.15, 0.2) is 0 Å². The molecule has 20 heavy (non-hydrogen) atoms. The molecule has 0 aromatic heterocycles. The number of hydrogen-bond acceptors (Lipinski definition) is 4. The third kappa shape index (κ3) is 6.80. The van der Waals surface area contributed by atoms with Crippen LogP contribution in [0.5, 0.6) is 11.5 Å². The van der Waals surface area contributed by atoms with Crippen LogP contribution in [0.1, 0.15) is 15.9 Å². The molecular formula is C15H16O5. The summed E-state index contributed by atoms with van der Waals surface area (Å²) in [5, 5.41) is 25.9. The third-order valence-corrected chi connectivity index (χ3v) is 2.15. The fourth-order valence-electron chi connectivity index (χ4n) is 1.15. The van der Waals surface area contributed by atoms with Crippen LogP contribution in [0, 0.1) is 6.92 Å². The number of aryl methyl sites for hydroxylation is 1. The zero-order valence-corrected chi connectivity index (χ0v) is 11.0. The molecule has 106 valence electrons. The molecule has 0 saturated carbocycles. The molecule has 0 aliphatic rings. The van der Waals surface area contributed by atoms with Gasteiger partial charge in [-0.1, -0.05) is 17.7 Å². The van der Waals surface area contributed by atoms with Gasteiger partial charge in [-0.05, 0) is 43.3 Å². The van der Waals surface area contributed by atoms with Gasteiger partial charge in [0.05, 0.1) is 5.56 Å². The van der Waals surface area contributed by atoms with Gasteiger partial charge in [-0.25, -0.2) is 4.79 Å². The van der Waals surface area contributed by atoms with Crippen molar-refractivity contribution in [1.29, 1.82) is 0 Å². The van der Waals surface area contributed by atoms with Crippen molar-refractivity contribution in [3.8, 4) is 11.5 Å². The Morgan fingerprint density at radius 3 is 1.50 bits per heavy atom. The van der Waals surface area contributed by atoms with Crippen LogP contribution in [0.15, 0.2) is 48.5 Å². The molecule has 5 nitrogen and oxygen atoms in total. The van der Waals surface area contributed by atoms with Gasteiger partial charge >= 0.3 is 5.97 Å².